The Morgan fingerprint density at radius 3 is 2.19 bits per heavy atom. The van der Waals surface area contributed by atoms with Gasteiger partial charge in [-0.25, -0.2) is 4.79 Å². The molecule has 7 heteroatoms. The van der Waals surface area contributed by atoms with Crippen LogP contribution in [0.1, 0.15) is 10.4 Å². The molecule has 0 bridgehead atoms. The van der Waals surface area contributed by atoms with Gasteiger partial charge in [0, 0.05) is 16.9 Å². The smallest absolute Gasteiger partial charge is 0.316 e. The molecule has 0 aliphatic heterocycles. The molecule has 4 N–H and O–H groups in total. The van der Waals surface area contributed by atoms with Crippen LogP contribution in [0.2, 0.25) is 10.0 Å². The Morgan fingerprint density at radius 2 is 1.57 bits per heavy atom. The second kappa shape index (κ2) is 6.47. The number of carbonyl (C=O) groups excluding carboxylic acids is 2. The number of amides is 3. The van der Waals surface area contributed by atoms with Crippen LogP contribution in [0.4, 0.5) is 16.2 Å². The third kappa shape index (κ3) is 4.11. The molecule has 5 nitrogen and oxygen atoms in total. The second-order valence-electron chi connectivity index (χ2n) is 4.15. The van der Waals surface area contributed by atoms with Gasteiger partial charge in [-0.15, -0.1) is 0 Å². The molecule has 2 rings (SSSR count). The molecular weight excluding hydrogens is 313 g/mol. The van der Waals surface area contributed by atoms with Crippen LogP contribution in [0.5, 0.6) is 0 Å². The first-order chi connectivity index (χ1) is 9.95. The molecule has 2 aromatic rings. The van der Waals surface area contributed by atoms with Crippen molar-refractivity contribution in [2.45, 2.75) is 0 Å². The highest BCUT2D eigenvalue weighted by molar-refractivity contribution is 6.42. The Kier molecular flexibility index (Phi) is 4.67. The number of rotatable bonds is 3. The van der Waals surface area contributed by atoms with Crippen LogP contribution in [-0.4, -0.2) is 11.9 Å². The fourth-order valence-electron chi connectivity index (χ4n) is 1.66. The topological polar surface area (TPSA) is 84.2 Å². The van der Waals surface area contributed by atoms with E-state index in [1.807, 2.05) is 0 Å². The molecule has 0 unspecified atom stereocenters. The highest BCUT2D eigenvalue weighted by atomic mass is 35.5. The fourth-order valence-corrected chi connectivity index (χ4v) is 1.96. The molecule has 0 aliphatic carbocycles. The van der Waals surface area contributed by atoms with Crippen LogP contribution in [0.3, 0.4) is 0 Å². The van der Waals surface area contributed by atoms with Crippen molar-refractivity contribution < 1.29 is 9.59 Å². The van der Waals surface area contributed by atoms with Crippen molar-refractivity contribution in [3.8, 4) is 0 Å². The van der Waals surface area contributed by atoms with Crippen LogP contribution in [0.15, 0.2) is 42.5 Å². The SMILES string of the molecule is NC(=O)Nc1cccc(NC(=O)c2ccc(Cl)c(Cl)c2)c1. The first-order valence-corrected chi connectivity index (χ1v) is 6.64. The third-order valence-electron chi connectivity index (χ3n) is 2.57. The van der Waals surface area contributed by atoms with Crippen molar-refractivity contribution in [1.29, 1.82) is 0 Å². The van der Waals surface area contributed by atoms with Gasteiger partial charge in [-0.1, -0.05) is 29.3 Å². The van der Waals surface area contributed by atoms with Crippen molar-refractivity contribution in [3.63, 3.8) is 0 Å². The highest BCUT2D eigenvalue weighted by Gasteiger charge is 2.09. The monoisotopic (exact) mass is 323 g/mol. The number of primary amides is 1. The minimum absolute atomic E-state index is 0.300. The molecule has 0 radical (unpaired) electrons. The Hall–Kier alpha value is -2.24. The molecule has 0 spiro atoms. The predicted molar refractivity (Wildman–Crippen MR) is 84.1 cm³/mol. The zero-order chi connectivity index (χ0) is 15.4. The summed E-state index contributed by atoms with van der Waals surface area (Å²) in [4.78, 5) is 22.9. The van der Waals surface area contributed by atoms with Crippen molar-refractivity contribution >= 4 is 46.5 Å². The molecule has 0 fully saturated rings. The van der Waals surface area contributed by atoms with E-state index in [1.165, 1.54) is 6.07 Å². The van der Waals surface area contributed by atoms with E-state index in [2.05, 4.69) is 10.6 Å². The molecule has 0 saturated heterocycles. The number of carbonyl (C=O) groups is 2. The first kappa shape index (κ1) is 15.2. The predicted octanol–water partition coefficient (Wildman–Crippen LogP) is 3.74. The van der Waals surface area contributed by atoms with Gasteiger partial charge in [-0.2, -0.15) is 0 Å². The summed E-state index contributed by atoms with van der Waals surface area (Å²) in [7, 11) is 0. The number of hydrogen-bond donors (Lipinski definition) is 3. The van der Waals surface area contributed by atoms with Gasteiger partial charge in [-0.05, 0) is 36.4 Å². The maximum absolute atomic E-state index is 12.1. The second-order valence-corrected chi connectivity index (χ2v) is 4.97. The van der Waals surface area contributed by atoms with Gasteiger partial charge in [0.25, 0.3) is 5.91 Å². The molecule has 0 heterocycles. The van der Waals surface area contributed by atoms with Crippen LogP contribution >= 0.6 is 23.2 Å². The largest absolute Gasteiger partial charge is 0.351 e. The number of halogens is 2. The number of anilines is 2. The minimum Gasteiger partial charge on any atom is -0.351 e. The van der Waals surface area contributed by atoms with Gasteiger partial charge in [0.2, 0.25) is 0 Å². The van der Waals surface area contributed by atoms with E-state index in [9.17, 15) is 9.59 Å². The standard InChI is InChI=1S/C14H11Cl2N3O2/c15-11-5-4-8(6-12(11)16)13(20)18-9-2-1-3-10(7-9)19-14(17)21/h1-7H,(H,18,20)(H3,17,19,21). The van der Waals surface area contributed by atoms with E-state index in [1.54, 1.807) is 36.4 Å². The zero-order valence-electron chi connectivity index (χ0n) is 10.7. The lowest BCUT2D eigenvalue weighted by Crippen LogP contribution is -2.19. The van der Waals surface area contributed by atoms with E-state index in [4.69, 9.17) is 28.9 Å². The van der Waals surface area contributed by atoms with Crippen LogP contribution in [-0.2, 0) is 0 Å². The minimum atomic E-state index is -0.678. The Bertz CT molecular complexity index is 704. The summed E-state index contributed by atoms with van der Waals surface area (Å²) in [5.74, 6) is -0.343. The molecule has 3 amide bonds. The zero-order valence-corrected chi connectivity index (χ0v) is 12.2. The van der Waals surface area contributed by atoms with Gasteiger partial charge in [-0.3, -0.25) is 4.79 Å². The lowest BCUT2D eigenvalue weighted by atomic mass is 10.2. The maximum atomic E-state index is 12.1. The summed E-state index contributed by atoms with van der Waals surface area (Å²) in [5.41, 5.74) is 6.40. The number of nitrogens with two attached hydrogens (primary N) is 1. The Morgan fingerprint density at radius 1 is 0.905 bits per heavy atom. The summed E-state index contributed by atoms with van der Waals surface area (Å²) in [6.07, 6.45) is 0. The summed E-state index contributed by atoms with van der Waals surface area (Å²) >= 11 is 11.7. The summed E-state index contributed by atoms with van der Waals surface area (Å²) in [6.45, 7) is 0. The lowest BCUT2D eigenvalue weighted by molar-refractivity contribution is 0.102. The van der Waals surface area contributed by atoms with Gasteiger partial charge in [0.15, 0.2) is 0 Å². The fraction of sp³-hybridized carbons (Fsp3) is 0. The van der Waals surface area contributed by atoms with E-state index >= 15 is 0 Å². The molecule has 0 aromatic heterocycles. The molecule has 0 atom stereocenters. The van der Waals surface area contributed by atoms with Crippen molar-refractivity contribution in [3.05, 3.63) is 58.1 Å². The van der Waals surface area contributed by atoms with Gasteiger partial charge in [0.1, 0.15) is 0 Å². The Balaban J connectivity index is 2.15. The van der Waals surface area contributed by atoms with Crippen LogP contribution in [0, 0.1) is 0 Å². The molecule has 0 aliphatic rings. The van der Waals surface area contributed by atoms with Crippen LogP contribution in [0.25, 0.3) is 0 Å². The molecule has 2 aromatic carbocycles. The first-order valence-electron chi connectivity index (χ1n) is 5.88. The summed E-state index contributed by atoms with van der Waals surface area (Å²) in [6, 6.07) is 10.5. The molecule has 21 heavy (non-hydrogen) atoms. The average molecular weight is 324 g/mol. The number of hydrogen-bond acceptors (Lipinski definition) is 2. The lowest BCUT2D eigenvalue weighted by Gasteiger charge is -2.08. The van der Waals surface area contributed by atoms with E-state index in [-0.39, 0.29) is 5.91 Å². The molecular formula is C14H11Cl2N3O2. The van der Waals surface area contributed by atoms with Crippen molar-refractivity contribution in [2.24, 2.45) is 5.73 Å². The van der Waals surface area contributed by atoms with Crippen molar-refractivity contribution in [1.82, 2.24) is 0 Å². The normalized spacial score (nSPS) is 10.0. The number of nitrogens with one attached hydrogen (secondary N) is 2. The van der Waals surface area contributed by atoms with Gasteiger partial charge >= 0.3 is 6.03 Å². The maximum Gasteiger partial charge on any atom is 0.316 e. The van der Waals surface area contributed by atoms with E-state index in [0.29, 0.717) is 27.0 Å². The summed E-state index contributed by atoms with van der Waals surface area (Å²) in [5, 5.41) is 5.78. The van der Waals surface area contributed by atoms with Gasteiger partial charge < -0.3 is 16.4 Å². The van der Waals surface area contributed by atoms with E-state index in [0.717, 1.165) is 0 Å². The molecule has 108 valence electrons. The molecule has 0 saturated carbocycles. The number of benzene rings is 2. The highest BCUT2D eigenvalue weighted by Crippen LogP contribution is 2.23. The quantitative estimate of drug-likeness (QED) is 0.803. The average Bonchev–Trinajstić information content (AvgIpc) is 2.41. The third-order valence-corrected chi connectivity index (χ3v) is 3.31. The Labute approximate surface area is 131 Å². The van der Waals surface area contributed by atoms with Gasteiger partial charge in [0.05, 0.1) is 10.0 Å². The van der Waals surface area contributed by atoms with E-state index < -0.39 is 6.03 Å². The number of urea groups is 1. The van der Waals surface area contributed by atoms with Crippen molar-refractivity contribution in [2.75, 3.05) is 10.6 Å². The van der Waals surface area contributed by atoms with Crippen LogP contribution < -0.4 is 16.4 Å². The summed E-state index contributed by atoms with van der Waals surface area (Å²) < 4.78 is 0.